The molecule has 0 bridgehead atoms. The van der Waals surface area contributed by atoms with E-state index in [1.165, 1.54) is 38.2 Å². The van der Waals surface area contributed by atoms with Crippen LogP contribution in [0.4, 0.5) is 19.0 Å². The van der Waals surface area contributed by atoms with Gasteiger partial charge in [0.05, 0.1) is 5.56 Å². The van der Waals surface area contributed by atoms with Gasteiger partial charge in [-0.1, -0.05) is 19.3 Å². The van der Waals surface area contributed by atoms with Crippen molar-refractivity contribution in [2.75, 3.05) is 44.2 Å². The first kappa shape index (κ1) is 22.0. The maximum absolute atomic E-state index is 13.2. The number of alkyl halides is 3. The Morgan fingerprint density at radius 2 is 1.66 bits per heavy atom. The second-order valence-electron chi connectivity index (χ2n) is 10.2. The van der Waals surface area contributed by atoms with Gasteiger partial charge in [-0.25, -0.2) is 4.98 Å². The average molecular weight is 451 g/mol. The van der Waals surface area contributed by atoms with Crippen molar-refractivity contribution < 1.29 is 18.0 Å². The van der Waals surface area contributed by atoms with E-state index in [0.717, 1.165) is 76.8 Å². The van der Waals surface area contributed by atoms with Gasteiger partial charge < -0.3 is 9.80 Å². The molecule has 1 amide bonds. The van der Waals surface area contributed by atoms with Gasteiger partial charge in [0.15, 0.2) is 0 Å². The zero-order valence-electron chi connectivity index (χ0n) is 18.6. The third kappa shape index (κ3) is 4.35. The molecular weight excluding hydrogens is 417 g/mol. The molecule has 5 rings (SSSR count). The first-order valence-electron chi connectivity index (χ1n) is 12.2. The molecule has 176 valence electrons. The van der Waals surface area contributed by atoms with E-state index in [2.05, 4.69) is 14.8 Å². The molecule has 32 heavy (non-hydrogen) atoms. The van der Waals surface area contributed by atoms with Crippen molar-refractivity contribution in [3.05, 3.63) is 23.9 Å². The highest BCUT2D eigenvalue weighted by Crippen LogP contribution is 2.60. The maximum atomic E-state index is 13.2. The molecule has 4 aliphatic rings. The summed E-state index contributed by atoms with van der Waals surface area (Å²) in [5.74, 6) is 1.05. The highest BCUT2D eigenvalue weighted by atomic mass is 19.4. The maximum Gasteiger partial charge on any atom is 0.417 e. The van der Waals surface area contributed by atoms with Gasteiger partial charge >= 0.3 is 6.18 Å². The molecule has 1 spiro atoms. The standard InChI is InChI=1S/C24H33F3N4O/c25-24(26,27)18-6-7-21(28-17-18)30-10-8-23(9-11-30)16-20(23)22(32)31-14-12-29(13-15-31)19-4-2-1-3-5-19/h6-7,17,19-20H,1-5,8-16H2. The van der Waals surface area contributed by atoms with Crippen molar-refractivity contribution in [1.82, 2.24) is 14.8 Å². The van der Waals surface area contributed by atoms with E-state index < -0.39 is 11.7 Å². The molecule has 2 saturated heterocycles. The van der Waals surface area contributed by atoms with E-state index in [1.807, 2.05) is 4.90 Å². The molecule has 1 unspecified atom stereocenters. The lowest BCUT2D eigenvalue weighted by Crippen LogP contribution is -2.53. The number of halogens is 3. The highest BCUT2D eigenvalue weighted by molar-refractivity contribution is 5.83. The number of hydrogen-bond acceptors (Lipinski definition) is 4. The number of anilines is 1. The van der Waals surface area contributed by atoms with Gasteiger partial charge in [-0.2, -0.15) is 13.2 Å². The summed E-state index contributed by atoms with van der Waals surface area (Å²) in [6.45, 7) is 5.20. The van der Waals surface area contributed by atoms with Crippen LogP contribution in [-0.2, 0) is 11.0 Å². The first-order valence-corrected chi connectivity index (χ1v) is 12.2. The predicted octanol–water partition coefficient (Wildman–Crippen LogP) is 4.18. The van der Waals surface area contributed by atoms with Gasteiger partial charge in [0, 0.05) is 57.4 Å². The van der Waals surface area contributed by atoms with Gasteiger partial charge in [0.1, 0.15) is 5.82 Å². The fourth-order valence-corrected chi connectivity index (χ4v) is 6.15. The Hall–Kier alpha value is -1.83. The number of piperazine rings is 1. The smallest absolute Gasteiger partial charge is 0.357 e. The lowest BCUT2D eigenvalue weighted by molar-refractivity contribution is -0.138. The van der Waals surface area contributed by atoms with E-state index in [4.69, 9.17) is 0 Å². The summed E-state index contributed by atoms with van der Waals surface area (Å²) in [6.07, 6.45) is 6.00. The van der Waals surface area contributed by atoms with Crippen LogP contribution in [0.5, 0.6) is 0 Å². The fraction of sp³-hybridized carbons (Fsp3) is 0.750. The number of amides is 1. The molecule has 1 atom stereocenters. The first-order chi connectivity index (χ1) is 15.4. The summed E-state index contributed by atoms with van der Waals surface area (Å²) < 4.78 is 38.3. The minimum Gasteiger partial charge on any atom is -0.357 e. The minimum atomic E-state index is -4.36. The largest absolute Gasteiger partial charge is 0.417 e. The van der Waals surface area contributed by atoms with E-state index in [-0.39, 0.29) is 11.3 Å². The number of nitrogens with zero attached hydrogens (tertiary/aromatic N) is 4. The van der Waals surface area contributed by atoms with E-state index in [1.54, 1.807) is 0 Å². The second kappa shape index (κ2) is 8.50. The minimum absolute atomic E-state index is 0.0972. The normalized spacial score (nSPS) is 27.0. The Morgan fingerprint density at radius 1 is 0.969 bits per heavy atom. The summed E-state index contributed by atoms with van der Waals surface area (Å²) in [4.78, 5) is 23.9. The summed E-state index contributed by atoms with van der Waals surface area (Å²) in [7, 11) is 0. The molecule has 8 heteroatoms. The van der Waals surface area contributed by atoms with Gasteiger partial charge in [-0.05, 0) is 49.7 Å². The van der Waals surface area contributed by atoms with Gasteiger partial charge in [0.2, 0.25) is 5.91 Å². The zero-order valence-corrected chi connectivity index (χ0v) is 18.6. The van der Waals surface area contributed by atoms with E-state index in [0.29, 0.717) is 11.7 Å². The second-order valence-corrected chi connectivity index (χ2v) is 10.2. The van der Waals surface area contributed by atoms with Gasteiger partial charge in [-0.3, -0.25) is 9.69 Å². The molecule has 2 aliphatic heterocycles. The molecule has 1 aromatic rings. The van der Waals surface area contributed by atoms with Crippen molar-refractivity contribution in [3.63, 3.8) is 0 Å². The topological polar surface area (TPSA) is 39.7 Å². The van der Waals surface area contributed by atoms with Crippen LogP contribution in [0.25, 0.3) is 0 Å². The number of rotatable bonds is 3. The molecule has 2 aliphatic carbocycles. The lowest BCUT2D eigenvalue weighted by atomic mass is 9.90. The molecule has 5 nitrogen and oxygen atoms in total. The van der Waals surface area contributed by atoms with Crippen LogP contribution in [0.2, 0.25) is 0 Å². The molecule has 0 N–H and O–H groups in total. The van der Waals surface area contributed by atoms with Crippen molar-refractivity contribution >= 4 is 11.7 Å². The van der Waals surface area contributed by atoms with Crippen LogP contribution in [-0.4, -0.2) is 66.0 Å². The number of aromatic nitrogens is 1. The van der Waals surface area contributed by atoms with Crippen LogP contribution < -0.4 is 4.90 Å². The predicted molar refractivity (Wildman–Crippen MR) is 116 cm³/mol. The molecular formula is C24H33F3N4O. The third-order valence-corrected chi connectivity index (χ3v) is 8.36. The van der Waals surface area contributed by atoms with Crippen molar-refractivity contribution in [3.8, 4) is 0 Å². The van der Waals surface area contributed by atoms with Crippen LogP contribution in [0.3, 0.4) is 0 Å². The van der Waals surface area contributed by atoms with Crippen LogP contribution in [0.1, 0.15) is 56.9 Å². The van der Waals surface area contributed by atoms with Crippen LogP contribution in [0.15, 0.2) is 18.3 Å². The zero-order chi connectivity index (χ0) is 22.3. The summed E-state index contributed by atoms with van der Waals surface area (Å²) >= 11 is 0. The van der Waals surface area contributed by atoms with Crippen LogP contribution in [0, 0.1) is 11.3 Å². The van der Waals surface area contributed by atoms with Crippen molar-refractivity contribution in [2.24, 2.45) is 11.3 Å². The molecule has 1 aromatic heterocycles. The van der Waals surface area contributed by atoms with Crippen molar-refractivity contribution in [1.29, 1.82) is 0 Å². The molecule has 3 heterocycles. The monoisotopic (exact) mass is 450 g/mol. The van der Waals surface area contributed by atoms with Crippen molar-refractivity contribution in [2.45, 2.75) is 63.6 Å². The average Bonchev–Trinajstić information content (AvgIpc) is 3.52. The lowest BCUT2D eigenvalue weighted by Gasteiger charge is -2.41. The highest BCUT2D eigenvalue weighted by Gasteiger charge is 2.59. The van der Waals surface area contributed by atoms with Gasteiger partial charge in [-0.15, -0.1) is 0 Å². The number of pyridine rings is 1. The SMILES string of the molecule is O=C(C1CC12CCN(c1ccc(C(F)(F)F)cn1)CC2)N1CCN(C2CCCCC2)CC1. The fourth-order valence-electron chi connectivity index (χ4n) is 6.15. The van der Waals surface area contributed by atoms with Gasteiger partial charge in [0.25, 0.3) is 0 Å². The summed E-state index contributed by atoms with van der Waals surface area (Å²) in [5.41, 5.74) is -0.619. The van der Waals surface area contributed by atoms with Crippen LogP contribution >= 0.6 is 0 Å². The quantitative estimate of drug-likeness (QED) is 0.693. The Labute approximate surface area is 187 Å². The Kier molecular flexibility index (Phi) is 5.84. The number of hydrogen-bond donors (Lipinski definition) is 0. The Morgan fingerprint density at radius 3 is 2.25 bits per heavy atom. The Bertz CT molecular complexity index is 806. The van der Waals surface area contributed by atoms with E-state index >= 15 is 0 Å². The molecule has 2 saturated carbocycles. The number of carbonyl (C=O) groups excluding carboxylic acids is 1. The summed E-state index contributed by atoms with van der Waals surface area (Å²) in [5, 5.41) is 0. The summed E-state index contributed by atoms with van der Waals surface area (Å²) in [6, 6.07) is 3.28. The number of piperidine rings is 1. The van der Waals surface area contributed by atoms with E-state index in [9.17, 15) is 18.0 Å². The number of carbonyl (C=O) groups is 1. The Balaban J connectivity index is 1.11. The molecule has 0 radical (unpaired) electrons. The molecule has 0 aromatic carbocycles. The third-order valence-electron chi connectivity index (χ3n) is 8.36. The molecule has 4 fully saturated rings.